The molecule has 4 nitrogen and oxygen atoms in total. The molecule has 0 saturated carbocycles. The highest BCUT2D eigenvalue weighted by Gasteiger charge is 2.34. The smallest absolute Gasteiger partial charge is 0.418 e. The van der Waals surface area contributed by atoms with Gasteiger partial charge in [0.2, 0.25) is 0 Å². The van der Waals surface area contributed by atoms with E-state index in [1.165, 1.54) is 25.3 Å². The third-order valence-electron chi connectivity index (χ3n) is 3.51. The molecule has 0 bridgehead atoms. The van der Waals surface area contributed by atoms with Gasteiger partial charge in [-0.2, -0.15) is 13.2 Å². The Morgan fingerprint density at radius 3 is 2.54 bits per heavy atom. The SMILES string of the molecule is COc1ccccc1/C=C1/SC(=Nc2ccccc2C(F)(F)F)NC1=O. The first-order valence-corrected chi connectivity index (χ1v) is 8.29. The van der Waals surface area contributed by atoms with Crippen LogP contribution in [-0.4, -0.2) is 18.2 Å². The summed E-state index contributed by atoms with van der Waals surface area (Å²) in [6.07, 6.45) is -2.92. The van der Waals surface area contributed by atoms with E-state index < -0.39 is 17.6 Å². The van der Waals surface area contributed by atoms with Gasteiger partial charge < -0.3 is 10.1 Å². The number of nitrogens with zero attached hydrogens (tertiary/aromatic N) is 1. The number of ether oxygens (including phenoxy) is 1. The first-order valence-electron chi connectivity index (χ1n) is 7.47. The number of benzene rings is 2. The zero-order valence-corrected chi connectivity index (χ0v) is 14.3. The van der Waals surface area contributed by atoms with E-state index >= 15 is 0 Å². The average Bonchev–Trinajstić information content (AvgIpc) is 2.94. The minimum atomic E-state index is -4.52. The molecule has 2 aromatic rings. The summed E-state index contributed by atoms with van der Waals surface area (Å²) in [5.74, 6) is 0.158. The van der Waals surface area contributed by atoms with Crippen LogP contribution in [0, 0.1) is 0 Å². The van der Waals surface area contributed by atoms with Crippen LogP contribution in [0.3, 0.4) is 0 Å². The molecule has 1 N–H and O–H groups in total. The molecule has 0 radical (unpaired) electrons. The number of rotatable bonds is 3. The molecule has 1 aliphatic heterocycles. The topological polar surface area (TPSA) is 50.7 Å². The Hall–Kier alpha value is -2.74. The van der Waals surface area contributed by atoms with Crippen molar-refractivity contribution in [3.63, 3.8) is 0 Å². The lowest BCUT2D eigenvalue weighted by Crippen LogP contribution is -2.19. The van der Waals surface area contributed by atoms with E-state index in [1.54, 1.807) is 30.3 Å². The van der Waals surface area contributed by atoms with Crippen LogP contribution < -0.4 is 10.1 Å². The number of thioether (sulfide) groups is 1. The molecule has 8 heteroatoms. The molecule has 1 fully saturated rings. The summed E-state index contributed by atoms with van der Waals surface area (Å²) in [6, 6.07) is 12.1. The van der Waals surface area contributed by atoms with Crippen molar-refractivity contribution < 1.29 is 22.7 Å². The Morgan fingerprint density at radius 1 is 1.12 bits per heavy atom. The van der Waals surface area contributed by atoms with Gasteiger partial charge in [0.1, 0.15) is 5.75 Å². The number of halogens is 3. The Labute approximate surface area is 151 Å². The van der Waals surface area contributed by atoms with Crippen LogP contribution in [0.5, 0.6) is 5.75 Å². The second-order valence-corrected chi connectivity index (χ2v) is 6.27. The van der Waals surface area contributed by atoms with Gasteiger partial charge in [-0.15, -0.1) is 0 Å². The molecule has 0 atom stereocenters. The number of amides is 1. The molecule has 26 heavy (non-hydrogen) atoms. The summed E-state index contributed by atoms with van der Waals surface area (Å²) >= 11 is 0.975. The van der Waals surface area contributed by atoms with Gasteiger partial charge in [0.05, 0.1) is 23.3 Å². The highest BCUT2D eigenvalue weighted by atomic mass is 32.2. The summed E-state index contributed by atoms with van der Waals surface area (Å²) in [5.41, 5.74) is -0.421. The van der Waals surface area contributed by atoms with Gasteiger partial charge in [0.15, 0.2) is 5.17 Å². The minimum absolute atomic E-state index is 0.0906. The Bertz CT molecular complexity index is 907. The van der Waals surface area contributed by atoms with Crippen LogP contribution in [0.25, 0.3) is 6.08 Å². The zero-order chi connectivity index (χ0) is 18.7. The summed E-state index contributed by atoms with van der Waals surface area (Å²) in [7, 11) is 1.51. The molecule has 1 saturated heterocycles. The summed E-state index contributed by atoms with van der Waals surface area (Å²) < 4.78 is 44.4. The monoisotopic (exact) mass is 378 g/mol. The van der Waals surface area contributed by atoms with E-state index in [9.17, 15) is 18.0 Å². The Kier molecular flexibility index (Phi) is 5.03. The van der Waals surface area contributed by atoms with Crippen LogP contribution in [0.4, 0.5) is 18.9 Å². The van der Waals surface area contributed by atoms with Crippen LogP contribution >= 0.6 is 11.8 Å². The van der Waals surface area contributed by atoms with Crippen LogP contribution in [0.15, 0.2) is 58.4 Å². The number of hydrogen-bond donors (Lipinski definition) is 1. The van der Waals surface area contributed by atoms with Gasteiger partial charge in [-0.3, -0.25) is 4.79 Å². The predicted molar refractivity (Wildman–Crippen MR) is 95.2 cm³/mol. The van der Waals surface area contributed by atoms with Gasteiger partial charge in [-0.1, -0.05) is 30.3 Å². The molecule has 0 aliphatic carbocycles. The zero-order valence-electron chi connectivity index (χ0n) is 13.5. The second-order valence-electron chi connectivity index (χ2n) is 5.24. The van der Waals surface area contributed by atoms with Crippen molar-refractivity contribution >= 4 is 34.6 Å². The third-order valence-corrected chi connectivity index (χ3v) is 4.42. The van der Waals surface area contributed by atoms with Crippen molar-refractivity contribution in [2.24, 2.45) is 4.99 Å². The molecule has 3 rings (SSSR count). The normalized spacial score (nSPS) is 17.6. The quantitative estimate of drug-likeness (QED) is 0.794. The predicted octanol–water partition coefficient (Wildman–Crippen LogP) is 4.61. The first kappa shape index (κ1) is 18.1. The lowest BCUT2D eigenvalue weighted by molar-refractivity contribution is -0.137. The molecule has 1 aliphatic rings. The number of nitrogens with one attached hydrogen (secondary N) is 1. The average molecular weight is 378 g/mol. The van der Waals surface area contributed by atoms with Crippen molar-refractivity contribution in [2.45, 2.75) is 6.18 Å². The van der Waals surface area contributed by atoms with E-state index in [0.717, 1.165) is 17.8 Å². The minimum Gasteiger partial charge on any atom is -0.496 e. The number of aliphatic imine (C=N–C) groups is 1. The number of para-hydroxylation sites is 2. The third kappa shape index (κ3) is 3.91. The number of carbonyl (C=O) groups is 1. The molecule has 1 heterocycles. The number of methoxy groups -OCH3 is 1. The van der Waals surface area contributed by atoms with Crippen molar-refractivity contribution in [1.29, 1.82) is 0 Å². The molecule has 1 amide bonds. The standard InChI is InChI=1S/C18H13F3N2O2S/c1-25-14-9-5-2-6-11(14)10-15-16(24)23-17(26-15)22-13-8-4-3-7-12(13)18(19,20)21/h2-10H,1H3,(H,22,23,24)/b15-10+. The van der Waals surface area contributed by atoms with Crippen molar-refractivity contribution in [3.8, 4) is 5.75 Å². The molecule has 134 valence electrons. The van der Waals surface area contributed by atoms with E-state index in [4.69, 9.17) is 4.74 Å². The number of carbonyl (C=O) groups excluding carboxylic acids is 1. The lowest BCUT2D eigenvalue weighted by Gasteiger charge is -2.09. The lowest BCUT2D eigenvalue weighted by atomic mass is 10.2. The van der Waals surface area contributed by atoms with E-state index in [1.807, 2.05) is 0 Å². The van der Waals surface area contributed by atoms with Gasteiger partial charge in [0.25, 0.3) is 5.91 Å². The number of hydrogen-bond acceptors (Lipinski definition) is 4. The van der Waals surface area contributed by atoms with Gasteiger partial charge >= 0.3 is 6.18 Å². The molecule has 0 aromatic heterocycles. The van der Waals surface area contributed by atoms with Gasteiger partial charge in [0, 0.05) is 5.56 Å². The van der Waals surface area contributed by atoms with Gasteiger partial charge in [-0.05, 0) is 36.0 Å². The maximum atomic E-state index is 13.1. The van der Waals surface area contributed by atoms with E-state index in [-0.39, 0.29) is 10.9 Å². The Balaban J connectivity index is 1.91. The van der Waals surface area contributed by atoms with Gasteiger partial charge in [-0.25, -0.2) is 4.99 Å². The van der Waals surface area contributed by atoms with E-state index in [2.05, 4.69) is 10.3 Å². The Morgan fingerprint density at radius 2 is 1.81 bits per heavy atom. The first-order chi connectivity index (χ1) is 12.4. The molecule has 2 aromatic carbocycles. The van der Waals surface area contributed by atoms with Crippen molar-refractivity contribution in [1.82, 2.24) is 5.32 Å². The number of alkyl halides is 3. The van der Waals surface area contributed by atoms with Crippen molar-refractivity contribution in [2.75, 3.05) is 7.11 Å². The molecular formula is C18H13F3N2O2S. The summed E-state index contributed by atoms with van der Waals surface area (Å²) in [6.45, 7) is 0. The fourth-order valence-corrected chi connectivity index (χ4v) is 3.15. The largest absolute Gasteiger partial charge is 0.496 e. The summed E-state index contributed by atoms with van der Waals surface area (Å²) in [5, 5.41) is 2.58. The molecular weight excluding hydrogens is 365 g/mol. The maximum absolute atomic E-state index is 13.1. The fraction of sp³-hybridized carbons (Fsp3) is 0.111. The van der Waals surface area contributed by atoms with E-state index in [0.29, 0.717) is 16.2 Å². The molecule has 0 unspecified atom stereocenters. The number of amidine groups is 1. The van der Waals surface area contributed by atoms with Crippen LogP contribution in [-0.2, 0) is 11.0 Å². The second kappa shape index (κ2) is 7.25. The maximum Gasteiger partial charge on any atom is 0.418 e. The molecule has 0 spiro atoms. The highest BCUT2D eigenvalue weighted by molar-refractivity contribution is 8.18. The fourth-order valence-electron chi connectivity index (χ4n) is 2.33. The van der Waals surface area contributed by atoms with Crippen LogP contribution in [0.2, 0.25) is 0 Å². The van der Waals surface area contributed by atoms with Crippen LogP contribution in [0.1, 0.15) is 11.1 Å². The highest BCUT2D eigenvalue weighted by Crippen LogP contribution is 2.37. The van der Waals surface area contributed by atoms with Crippen molar-refractivity contribution in [3.05, 3.63) is 64.6 Å². The summed E-state index contributed by atoms with van der Waals surface area (Å²) in [4.78, 5) is 16.4.